The lowest BCUT2D eigenvalue weighted by molar-refractivity contribution is -0.141. The average Bonchev–Trinajstić information content (AvgIpc) is 3.92. The second-order valence-corrected chi connectivity index (χ2v) is 13.3. The Morgan fingerprint density at radius 2 is 1.74 bits per heavy atom. The molecule has 2 fully saturated rings. The molecule has 2 aromatic carbocycles. The molecule has 3 aliphatic rings. The van der Waals surface area contributed by atoms with E-state index in [1.807, 2.05) is 42.3 Å². The number of aryl methyl sites for hydroxylation is 1. The number of nitrogens with one attached hydrogen (secondary N) is 1. The Labute approximate surface area is 285 Å². The van der Waals surface area contributed by atoms with E-state index in [9.17, 15) is 22.8 Å². The Morgan fingerprint density at radius 1 is 0.960 bits per heavy atom. The van der Waals surface area contributed by atoms with Crippen LogP contribution in [-0.2, 0) is 22.8 Å². The summed E-state index contributed by atoms with van der Waals surface area (Å²) in [6, 6.07) is 16.0. The number of aromatic amines is 1. The van der Waals surface area contributed by atoms with E-state index < -0.39 is 17.3 Å². The van der Waals surface area contributed by atoms with Gasteiger partial charge in [0.25, 0.3) is 0 Å². The number of anilines is 1. The third kappa shape index (κ3) is 5.82. The van der Waals surface area contributed by atoms with Crippen molar-refractivity contribution < 1.29 is 22.8 Å². The monoisotopic (exact) mass is 681 g/mol. The molecule has 1 atom stereocenters. The highest BCUT2D eigenvalue weighted by atomic mass is 19.4. The molecule has 256 valence electrons. The van der Waals surface area contributed by atoms with Gasteiger partial charge in [-0.25, -0.2) is 4.98 Å². The van der Waals surface area contributed by atoms with E-state index in [-0.39, 0.29) is 18.4 Å². The number of nitrogens with zero attached hydrogens (tertiary/aromatic N) is 8. The van der Waals surface area contributed by atoms with Crippen LogP contribution in [0.5, 0.6) is 0 Å². The minimum atomic E-state index is -4.53. The summed E-state index contributed by atoms with van der Waals surface area (Å²) in [6.45, 7) is 3.20. The molecule has 2 amide bonds. The lowest BCUT2D eigenvalue weighted by Gasteiger charge is -2.29. The number of aromatic nitrogens is 6. The van der Waals surface area contributed by atoms with Gasteiger partial charge < -0.3 is 9.80 Å². The molecule has 0 bridgehead atoms. The van der Waals surface area contributed by atoms with Crippen LogP contribution in [0.2, 0.25) is 0 Å². The minimum Gasteiger partial charge on any atom is -0.338 e. The molecule has 1 N–H and O–H groups in total. The molecule has 1 spiro atoms. The van der Waals surface area contributed by atoms with Gasteiger partial charge in [-0.3, -0.25) is 29.3 Å². The number of carbonyl (C=O) groups excluding carboxylic acids is 2. The molecular formula is C36H34F3N9O2. The van der Waals surface area contributed by atoms with Crippen LogP contribution in [0, 0.1) is 5.41 Å². The summed E-state index contributed by atoms with van der Waals surface area (Å²) < 4.78 is 40.8. The Balaban J connectivity index is 0.895. The average molecular weight is 682 g/mol. The molecule has 0 radical (unpaired) electrons. The molecule has 2 saturated heterocycles. The number of likely N-dealkylation sites (tertiary alicyclic amines) is 1. The van der Waals surface area contributed by atoms with E-state index in [2.05, 4.69) is 48.4 Å². The Morgan fingerprint density at radius 3 is 2.44 bits per heavy atom. The number of halogens is 3. The van der Waals surface area contributed by atoms with Crippen molar-refractivity contribution in [2.24, 2.45) is 12.5 Å². The van der Waals surface area contributed by atoms with Gasteiger partial charge in [-0.2, -0.15) is 23.4 Å². The number of amides is 2. The first-order valence-electron chi connectivity index (χ1n) is 16.6. The van der Waals surface area contributed by atoms with Crippen LogP contribution in [0.1, 0.15) is 30.5 Å². The van der Waals surface area contributed by atoms with Crippen molar-refractivity contribution in [1.82, 2.24) is 39.7 Å². The molecule has 0 aliphatic carbocycles. The molecular weight excluding hydrogens is 647 g/mol. The van der Waals surface area contributed by atoms with Gasteiger partial charge in [-0.05, 0) is 67.3 Å². The van der Waals surface area contributed by atoms with Crippen molar-refractivity contribution in [3.63, 3.8) is 0 Å². The Kier molecular flexibility index (Phi) is 7.77. The second-order valence-electron chi connectivity index (χ2n) is 13.3. The summed E-state index contributed by atoms with van der Waals surface area (Å²) in [6.07, 6.45) is 2.56. The van der Waals surface area contributed by atoms with Gasteiger partial charge in [0.1, 0.15) is 17.7 Å². The van der Waals surface area contributed by atoms with Crippen LogP contribution in [0.25, 0.3) is 39.1 Å². The predicted octanol–water partition coefficient (Wildman–Crippen LogP) is 5.18. The number of hydrogen-bond donors (Lipinski definition) is 1. The third-order valence-electron chi connectivity index (χ3n) is 10.2. The second kappa shape index (κ2) is 12.2. The maximum Gasteiger partial charge on any atom is 0.433 e. The SMILES string of the molecule is Cn1cnc(-c2ccc(C3=CCN(C(=O)CN4CCC5(CCN(c6ccc7[nH]nc(-c8ccc(C(F)(F)F)nc8)c7c6)C5=O)C4)CC3)cc2)n1. The van der Waals surface area contributed by atoms with E-state index in [1.165, 1.54) is 11.6 Å². The molecule has 11 nitrogen and oxygen atoms in total. The number of benzene rings is 2. The zero-order valence-corrected chi connectivity index (χ0v) is 27.3. The maximum absolute atomic E-state index is 13.9. The fraction of sp³-hybridized carbons (Fsp3) is 0.333. The molecule has 8 rings (SSSR count). The zero-order valence-electron chi connectivity index (χ0n) is 27.3. The third-order valence-corrected chi connectivity index (χ3v) is 10.2. The topological polar surface area (TPSA) is 116 Å². The van der Waals surface area contributed by atoms with Crippen molar-refractivity contribution in [1.29, 1.82) is 0 Å². The van der Waals surface area contributed by atoms with Crippen LogP contribution in [-0.4, -0.2) is 90.8 Å². The highest BCUT2D eigenvalue weighted by Gasteiger charge is 2.51. The Hall–Kier alpha value is -5.37. The van der Waals surface area contributed by atoms with E-state index in [0.29, 0.717) is 79.2 Å². The first-order valence-corrected chi connectivity index (χ1v) is 16.6. The van der Waals surface area contributed by atoms with Crippen molar-refractivity contribution >= 4 is 34.0 Å². The molecule has 6 heterocycles. The largest absolute Gasteiger partial charge is 0.433 e. The van der Waals surface area contributed by atoms with Gasteiger partial charge in [0.15, 0.2) is 5.82 Å². The molecule has 0 saturated carbocycles. The summed E-state index contributed by atoms with van der Waals surface area (Å²) in [5.41, 5.74) is 4.07. The van der Waals surface area contributed by atoms with Gasteiger partial charge in [-0.1, -0.05) is 30.3 Å². The lowest BCUT2D eigenvalue weighted by atomic mass is 9.85. The smallest absolute Gasteiger partial charge is 0.338 e. The number of carbonyl (C=O) groups is 2. The van der Waals surface area contributed by atoms with Crippen LogP contribution < -0.4 is 4.90 Å². The summed E-state index contributed by atoms with van der Waals surface area (Å²) in [5.74, 6) is 0.779. The molecule has 5 aromatic rings. The van der Waals surface area contributed by atoms with Crippen molar-refractivity contribution in [3.05, 3.63) is 84.5 Å². The number of hydrogen-bond acceptors (Lipinski definition) is 7. The highest BCUT2D eigenvalue weighted by molar-refractivity contribution is 6.03. The normalized spacial score (nSPS) is 20.0. The summed E-state index contributed by atoms with van der Waals surface area (Å²) in [5, 5.41) is 12.3. The molecule has 3 aromatic heterocycles. The number of alkyl halides is 3. The van der Waals surface area contributed by atoms with Gasteiger partial charge in [0.2, 0.25) is 11.8 Å². The number of fused-ring (bicyclic) bond motifs is 1. The van der Waals surface area contributed by atoms with Crippen LogP contribution in [0.3, 0.4) is 0 Å². The van der Waals surface area contributed by atoms with Crippen molar-refractivity contribution in [2.45, 2.75) is 25.4 Å². The fourth-order valence-electron chi connectivity index (χ4n) is 7.38. The minimum absolute atomic E-state index is 0.0310. The standard InChI is InChI=1S/C36H34F3N9O2/c1-45-22-41-33(44-45)25-4-2-23(3-5-25)24-10-14-47(15-11-24)31(49)20-46-16-12-35(21-46)13-17-48(34(35)50)27-7-8-29-28(18-27)32(43-42-29)26-6-9-30(40-19-26)36(37,38)39/h2-10,18-19,22H,11-17,20-21H2,1H3,(H,42,43). The van der Waals surface area contributed by atoms with Crippen LogP contribution in [0.4, 0.5) is 18.9 Å². The van der Waals surface area contributed by atoms with E-state index >= 15 is 0 Å². The summed E-state index contributed by atoms with van der Waals surface area (Å²) in [7, 11) is 1.84. The molecule has 3 aliphatic heterocycles. The zero-order chi connectivity index (χ0) is 34.6. The van der Waals surface area contributed by atoms with Gasteiger partial charge >= 0.3 is 6.18 Å². The van der Waals surface area contributed by atoms with Gasteiger partial charge in [0.05, 0.1) is 17.5 Å². The molecule has 1 unspecified atom stereocenters. The first-order chi connectivity index (χ1) is 24.1. The lowest BCUT2D eigenvalue weighted by Crippen LogP contribution is -2.43. The number of pyridine rings is 1. The predicted molar refractivity (Wildman–Crippen MR) is 180 cm³/mol. The van der Waals surface area contributed by atoms with E-state index in [4.69, 9.17) is 0 Å². The van der Waals surface area contributed by atoms with E-state index in [1.54, 1.807) is 15.9 Å². The highest BCUT2D eigenvalue weighted by Crippen LogP contribution is 2.43. The van der Waals surface area contributed by atoms with Crippen molar-refractivity contribution in [2.75, 3.05) is 44.2 Å². The number of rotatable bonds is 6. The molecule has 50 heavy (non-hydrogen) atoms. The van der Waals surface area contributed by atoms with E-state index in [0.717, 1.165) is 29.8 Å². The summed E-state index contributed by atoms with van der Waals surface area (Å²) in [4.78, 5) is 41.0. The van der Waals surface area contributed by atoms with Crippen molar-refractivity contribution in [3.8, 4) is 22.6 Å². The first kappa shape index (κ1) is 31.9. The summed E-state index contributed by atoms with van der Waals surface area (Å²) >= 11 is 0. The van der Waals surface area contributed by atoms with Gasteiger partial charge in [-0.15, -0.1) is 0 Å². The number of H-pyrrole nitrogens is 1. The maximum atomic E-state index is 13.9. The van der Waals surface area contributed by atoms with Crippen LogP contribution in [0.15, 0.2) is 73.2 Å². The fourth-order valence-corrected chi connectivity index (χ4v) is 7.38. The van der Waals surface area contributed by atoms with Crippen LogP contribution >= 0.6 is 0 Å². The Bertz CT molecular complexity index is 2120. The molecule has 14 heteroatoms. The quantitative estimate of drug-likeness (QED) is 0.263. The van der Waals surface area contributed by atoms with Gasteiger partial charge in [0, 0.05) is 61.6 Å².